The number of carbonyl (C=O) groups is 1. The molecule has 0 aliphatic heterocycles. The Kier molecular flexibility index (Phi) is 5.52. The van der Waals surface area contributed by atoms with E-state index in [1.54, 1.807) is 0 Å². The van der Waals surface area contributed by atoms with Gasteiger partial charge >= 0.3 is 5.97 Å². The Morgan fingerprint density at radius 2 is 1.62 bits per heavy atom. The van der Waals surface area contributed by atoms with Gasteiger partial charge in [0.15, 0.2) is 0 Å². The van der Waals surface area contributed by atoms with Gasteiger partial charge in [0.05, 0.1) is 0 Å². The highest BCUT2D eigenvalue weighted by Gasteiger charge is 2.10. The van der Waals surface area contributed by atoms with Crippen LogP contribution in [0.2, 0.25) is 0 Å². The van der Waals surface area contributed by atoms with E-state index >= 15 is 0 Å². The molecule has 1 atom stereocenters. The van der Waals surface area contributed by atoms with Gasteiger partial charge in [-0.3, -0.25) is 4.79 Å². The van der Waals surface area contributed by atoms with Crippen molar-refractivity contribution in [2.24, 2.45) is 11.7 Å². The Morgan fingerprint density at radius 1 is 1.00 bits per heavy atom. The molecule has 0 aromatic heterocycles. The highest BCUT2D eigenvalue weighted by Crippen LogP contribution is 2.21. The second kappa shape index (κ2) is 7.60. The van der Waals surface area contributed by atoms with Gasteiger partial charge in [-0.2, -0.15) is 0 Å². The minimum Gasteiger partial charge on any atom is -0.481 e. The molecule has 3 nitrogen and oxygen atoms in total. The van der Waals surface area contributed by atoms with Crippen LogP contribution in [0, 0.1) is 5.92 Å². The maximum atomic E-state index is 10.6. The van der Waals surface area contributed by atoms with Crippen molar-refractivity contribution in [2.45, 2.75) is 19.3 Å². The fourth-order valence-corrected chi connectivity index (χ4v) is 2.43. The van der Waals surface area contributed by atoms with E-state index in [0.717, 1.165) is 6.42 Å². The third kappa shape index (κ3) is 4.72. The van der Waals surface area contributed by atoms with Gasteiger partial charge in [-0.05, 0) is 42.0 Å². The van der Waals surface area contributed by atoms with Crippen LogP contribution in [-0.4, -0.2) is 17.6 Å². The standard InChI is InChI=1S/C18H21NO2/c19-13-15(8-11-18(20)21)12-14-6-9-17(10-7-14)16-4-2-1-3-5-16/h1-7,9-10,15H,8,11-13,19H2,(H,20,21)/t15-/m0/s1. The predicted molar refractivity (Wildman–Crippen MR) is 85.0 cm³/mol. The van der Waals surface area contributed by atoms with Crippen molar-refractivity contribution in [3.05, 3.63) is 60.2 Å². The first kappa shape index (κ1) is 15.3. The normalized spacial score (nSPS) is 12.0. The van der Waals surface area contributed by atoms with Gasteiger partial charge < -0.3 is 10.8 Å². The molecule has 0 aliphatic rings. The second-order valence-corrected chi connectivity index (χ2v) is 5.30. The van der Waals surface area contributed by atoms with E-state index in [0.29, 0.717) is 13.0 Å². The van der Waals surface area contributed by atoms with E-state index in [1.807, 2.05) is 18.2 Å². The van der Waals surface area contributed by atoms with E-state index in [-0.39, 0.29) is 12.3 Å². The molecule has 0 heterocycles. The molecular weight excluding hydrogens is 262 g/mol. The van der Waals surface area contributed by atoms with Crippen molar-refractivity contribution in [1.82, 2.24) is 0 Å². The highest BCUT2D eigenvalue weighted by molar-refractivity contribution is 5.66. The molecule has 2 aromatic carbocycles. The Hall–Kier alpha value is -2.13. The lowest BCUT2D eigenvalue weighted by molar-refractivity contribution is -0.137. The van der Waals surface area contributed by atoms with E-state index in [2.05, 4.69) is 36.4 Å². The zero-order chi connectivity index (χ0) is 15.1. The largest absolute Gasteiger partial charge is 0.481 e. The molecule has 0 aliphatic carbocycles. The van der Waals surface area contributed by atoms with Crippen molar-refractivity contribution in [3.63, 3.8) is 0 Å². The van der Waals surface area contributed by atoms with Gasteiger partial charge in [0.25, 0.3) is 0 Å². The van der Waals surface area contributed by atoms with Crippen LogP contribution in [0.15, 0.2) is 54.6 Å². The first-order valence-electron chi connectivity index (χ1n) is 7.25. The smallest absolute Gasteiger partial charge is 0.303 e. The van der Waals surface area contributed by atoms with Crippen molar-refractivity contribution in [3.8, 4) is 11.1 Å². The Labute approximate surface area is 125 Å². The van der Waals surface area contributed by atoms with Crippen molar-refractivity contribution < 1.29 is 9.90 Å². The van der Waals surface area contributed by atoms with Crippen LogP contribution in [0.3, 0.4) is 0 Å². The minimum atomic E-state index is -0.757. The molecule has 3 heteroatoms. The number of hydrogen-bond donors (Lipinski definition) is 2. The molecule has 0 saturated heterocycles. The van der Waals surface area contributed by atoms with Gasteiger partial charge in [0, 0.05) is 6.42 Å². The maximum Gasteiger partial charge on any atom is 0.303 e. The number of hydrogen-bond acceptors (Lipinski definition) is 2. The van der Waals surface area contributed by atoms with Crippen molar-refractivity contribution in [1.29, 1.82) is 0 Å². The van der Waals surface area contributed by atoms with Crippen molar-refractivity contribution in [2.75, 3.05) is 6.54 Å². The third-order valence-electron chi connectivity index (χ3n) is 3.69. The summed E-state index contributed by atoms with van der Waals surface area (Å²) in [6.45, 7) is 0.522. The summed E-state index contributed by atoms with van der Waals surface area (Å²) in [4.78, 5) is 10.6. The molecular formula is C18H21NO2. The zero-order valence-corrected chi connectivity index (χ0v) is 12.0. The molecule has 0 fully saturated rings. The Morgan fingerprint density at radius 3 is 2.19 bits per heavy atom. The number of carboxylic acids is 1. The Balaban J connectivity index is 2.00. The molecule has 0 saturated carbocycles. The second-order valence-electron chi connectivity index (χ2n) is 5.30. The average molecular weight is 283 g/mol. The van der Waals surface area contributed by atoms with Crippen LogP contribution >= 0.6 is 0 Å². The summed E-state index contributed by atoms with van der Waals surface area (Å²) in [7, 11) is 0. The highest BCUT2D eigenvalue weighted by atomic mass is 16.4. The summed E-state index contributed by atoms with van der Waals surface area (Å²) in [6, 6.07) is 18.7. The fourth-order valence-electron chi connectivity index (χ4n) is 2.43. The first-order valence-corrected chi connectivity index (χ1v) is 7.25. The maximum absolute atomic E-state index is 10.6. The lowest BCUT2D eigenvalue weighted by atomic mass is 9.93. The van der Waals surface area contributed by atoms with Crippen molar-refractivity contribution >= 4 is 5.97 Å². The number of rotatable bonds is 7. The summed E-state index contributed by atoms with van der Waals surface area (Å²) in [5, 5.41) is 8.75. The van der Waals surface area contributed by atoms with Gasteiger partial charge in [-0.15, -0.1) is 0 Å². The van der Waals surface area contributed by atoms with Gasteiger partial charge in [-0.1, -0.05) is 54.6 Å². The fraction of sp³-hybridized carbons (Fsp3) is 0.278. The van der Waals surface area contributed by atoms with E-state index < -0.39 is 5.97 Å². The molecule has 2 aromatic rings. The Bertz CT molecular complexity index is 564. The number of benzene rings is 2. The van der Waals surface area contributed by atoms with Crippen LogP contribution in [-0.2, 0) is 11.2 Å². The molecule has 3 N–H and O–H groups in total. The quantitative estimate of drug-likeness (QED) is 0.819. The first-order chi connectivity index (χ1) is 10.2. The molecule has 0 radical (unpaired) electrons. The topological polar surface area (TPSA) is 63.3 Å². The summed E-state index contributed by atoms with van der Waals surface area (Å²) in [6.07, 6.45) is 1.65. The number of carboxylic acid groups (broad SMARTS) is 1. The predicted octanol–water partition coefficient (Wildman–Crippen LogP) is 3.34. The van der Waals surface area contributed by atoms with E-state index in [9.17, 15) is 4.79 Å². The lowest BCUT2D eigenvalue weighted by Crippen LogP contribution is -2.18. The molecule has 21 heavy (non-hydrogen) atoms. The van der Waals surface area contributed by atoms with Crippen LogP contribution in [0.4, 0.5) is 0 Å². The summed E-state index contributed by atoms with van der Waals surface area (Å²) < 4.78 is 0. The molecule has 110 valence electrons. The molecule has 0 amide bonds. The number of nitrogens with two attached hydrogens (primary N) is 1. The molecule has 0 spiro atoms. The van der Waals surface area contributed by atoms with Crippen LogP contribution in [0.1, 0.15) is 18.4 Å². The van der Waals surface area contributed by atoms with Crippen LogP contribution in [0.25, 0.3) is 11.1 Å². The van der Waals surface area contributed by atoms with Crippen LogP contribution < -0.4 is 5.73 Å². The van der Waals surface area contributed by atoms with Gasteiger partial charge in [0.2, 0.25) is 0 Å². The monoisotopic (exact) mass is 283 g/mol. The van der Waals surface area contributed by atoms with Gasteiger partial charge in [0.1, 0.15) is 0 Å². The third-order valence-corrected chi connectivity index (χ3v) is 3.69. The SMILES string of the molecule is NC[C@@H](CCC(=O)O)Cc1ccc(-c2ccccc2)cc1. The van der Waals surface area contributed by atoms with Gasteiger partial charge in [-0.25, -0.2) is 0 Å². The molecule has 0 unspecified atom stereocenters. The lowest BCUT2D eigenvalue weighted by Gasteiger charge is -2.14. The van der Waals surface area contributed by atoms with E-state index in [4.69, 9.17) is 10.8 Å². The minimum absolute atomic E-state index is 0.184. The average Bonchev–Trinajstić information content (AvgIpc) is 2.52. The molecule has 2 rings (SSSR count). The van der Waals surface area contributed by atoms with E-state index in [1.165, 1.54) is 16.7 Å². The summed E-state index contributed by atoms with van der Waals surface area (Å²) in [5.41, 5.74) is 9.33. The zero-order valence-electron chi connectivity index (χ0n) is 12.0. The number of aliphatic carboxylic acids is 1. The molecule has 0 bridgehead atoms. The summed E-state index contributed by atoms with van der Waals surface area (Å²) >= 11 is 0. The van der Waals surface area contributed by atoms with Crippen LogP contribution in [0.5, 0.6) is 0 Å². The summed E-state index contributed by atoms with van der Waals surface area (Å²) in [5.74, 6) is -0.531.